The van der Waals surface area contributed by atoms with Gasteiger partial charge in [-0.1, -0.05) is 12.8 Å². The molecule has 2 heteroatoms. The molecule has 0 saturated heterocycles. The number of hydrogen-bond donors (Lipinski definition) is 1. The number of rotatable bonds is 2. The van der Waals surface area contributed by atoms with E-state index < -0.39 is 0 Å². The average Bonchev–Trinajstić information content (AvgIpc) is 2.04. The van der Waals surface area contributed by atoms with Gasteiger partial charge < -0.3 is 5.73 Å². The Morgan fingerprint density at radius 1 is 1.45 bits per heavy atom. The smallest absolute Gasteiger partial charge is 0.133 e. The second kappa shape index (κ2) is 3.86. The van der Waals surface area contributed by atoms with E-state index in [0.717, 1.165) is 12.8 Å². The van der Waals surface area contributed by atoms with Crippen LogP contribution in [0.3, 0.4) is 0 Å². The van der Waals surface area contributed by atoms with Crippen molar-refractivity contribution in [1.29, 1.82) is 0 Å². The van der Waals surface area contributed by atoms with Crippen molar-refractivity contribution in [3.8, 4) is 0 Å². The molecule has 0 aromatic heterocycles. The van der Waals surface area contributed by atoms with Crippen molar-refractivity contribution in [2.75, 3.05) is 6.54 Å². The first-order chi connectivity index (χ1) is 5.25. The zero-order valence-electron chi connectivity index (χ0n) is 7.18. The first kappa shape index (κ1) is 8.72. The van der Waals surface area contributed by atoms with Gasteiger partial charge in [-0.2, -0.15) is 0 Å². The zero-order chi connectivity index (χ0) is 8.27. The van der Waals surface area contributed by atoms with E-state index >= 15 is 0 Å². The molecule has 0 spiro atoms. The van der Waals surface area contributed by atoms with Gasteiger partial charge in [0, 0.05) is 5.92 Å². The highest BCUT2D eigenvalue weighted by Crippen LogP contribution is 2.29. The van der Waals surface area contributed by atoms with E-state index in [9.17, 15) is 4.79 Å². The largest absolute Gasteiger partial charge is 0.330 e. The van der Waals surface area contributed by atoms with Crippen molar-refractivity contribution in [2.45, 2.75) is 32.6 Å². The lowest BCUT2D eigenvalue weighted by atomic mass is 9.77. The predicted molar refractivity (Wildman–Crippen MR) is 45.2 cm³/mol. The molecule has 0 amide bonds. The summed E-state index contributed by atoms with van der Waals surface area (Å²) in [6.07, 6.45) is 4.68. The summed E-state index contributed by atoms with van der Waals surface area (Å²) in [6, 6.07) is 0. The summed E-state index contributed by atoms with van der Waals surface area (Å²) >= 11 is 0. The highest BCUT2D eigenvalue weighted by molar-refractivity contribution is 5.78. The van der Waals surface area contributed by atoms with Crippen LogP contribution in [0.15, 0.2) is 0 Å². The number of ketones is 1. The van der Waals surface area contributed by atoms with Gasteiger partial charge in [0.05, 0.1) is 0 Å². The van der Waals surface area contributed by atoms with Crippen molar-refractivity contribution < 1.29 is 4.79 Å². The monoisotopic (exact) mass is 155 g/mol. The molecule has 0 aromatic rings. The van der Waals surface area contributed by atoms with Gasteiger partial charge in [0.1, 0.15) is 5.78 Å². The van der Waals surface area contributed by atoms with Gasteiger partial charge in [0.25, 0.3) is 0 Å². The summed E-state index contributed by atoms with van der Waals surface area (Å²) in [5.41, 5.74) is 5.58. The molecule has 11 heavy (non-hydrogen) atoms. The molecule has 1 aliphatic rings. The highest BCUT2D eigenvalue weighted by Gasteiger charge is 2.26. The lowest BCUT2D eigenvalue weighted by Crippen LogP contribution is -2.30. The molecule has 0 unspecified atom stereocenters. The summed E-state index contributed by atoms with van der Waals surface area (Å²) < 4.78 is 0. The molecule has 0 aliphatic heterocycles. The highest BCUT2D eigenvalue weighted by atomic mass is 16.1. The number of nitrogens with two attached hydrogens (primary N) is 1. The van der Waals surface area contributed by atoms with Crippen LogP contribution in [0.1, 0.15) is 32.6 Å². The second-order valence-corrected chi connectivity index (χ2v) is 3.50. The molecule has 1 aliphatic carbocycles. The summed E-state index contributed by atoms with van der Waals surface area (Å²) in [7, 11) is 0. The lowest BCUT2D eigenvalue weighted by Gasteiger charge is -2.28. The van der Waals surface area contributed by atoms with Crippen LogP contribution in [0.2, 0.25) is 0 Å². The molecule has 2 nitrogen and oxygen atoms in total. The van der Waals surface area contributed by atoms with Gasteiger partial charge in [0.2, 0.25) is 0 Å². The molecule has 0 radical (unpaired) electrons. The van der Waals surface area contributed by atoms with Crippen molar-refractivity contribution in [1.82, 2.24) is 0 Å². The van der Waals surface area contributed by atoms with Crippen LogP contribution < -0.4 is 5.73 Å². The quantitative estimate of drug-likeness (QED) is 0.654. The van der Waals surface area contributed by atoms with Crippen molar-refractivity contribution in [3.05, 3.63) is 0 Å². The fourth-order valence-electron chi connectivity index (χ4n) is 2.02. The van der Waals surface area contributed by atoms with Crippen molar-refractivity contribution in [3.63, 3.8) is 0 Å². The minimum atomic E-state index is 0.272. The van der Waals surface area contributed by atoms with Crippen LogP contribution in [-0.2, 0) is 4.79 Å². The molecular weight excluding hydrogens is 138 g/mol. The summed E-state index contributed by atoms with van der Waals surface area (Å²) in [5, 5.41) is 0. The van der Waals surface area contributed by atoms with E-state index in [2.05, 4.69) is 0 Å². The van der Waals surface area contributed by atoms with E-state index in [1.54, 1.807) is 6.92 Å². The summed E-state index contributed by atoms with van der Waals surface area (Å²) in [6.45, 7) is 2.38. The van der Waals surface area contributed by atoms with E-state index in [1.165, 1.54) is 12.8 Å². The first-order valence-electron chi connectivity index (χ1n) is 4.46. The fourth-order valence-corrected chi connectivity index (χ4v) is 2.02. The Bertz CT molecular complexity index is 144. The molecule has 0 aromatic carbocycles. The topological polar surface area (TPSA) is 43.1 Å². The Morgan fingerprint density at radius 3 is 2.55 bits per heavy atom. The van der Waals surface area contributed by atoms with Crippen LogP contribution in [0.25, 0.3) is 0 Å². The van der Waals surface area contributed by atoms with Crippen LogP contribution in [0.4, 0.5) is 0 Å². The maximum absolute atomic E-state index is 11.1. The third-order valence-corrected chi connectivity index (χ3v) is 2.73. The Morgan fingerprint density at radius 2 is 2.09 bits per heavy atom. The molecule has 0 bridgehead atoms. The Hall–Kier alpha value is -0.370. The molecule has 64 valence electrons. The molecular formula is C9H17NO. The standard InChI is InChI=1S/C9H17NO/c1-7(11)9-5-3-2-4-8(9)6-10/h8-9H,2-6,10H2,1H3/t8-,9+/m1/s1. The van der Waals surface area contributed by atoms with Crippen molar-refractivity contribution >= 4 is 5.78 Å². The number of carbonyl (C=O) groups is 1. The first-order valence-corrected chi connectivity index (χ1v) is 4.46. The van der Waals surface area contributed by atoms with Crippen molar-refractivity contribution in [2.24, 2.45) is 17.6 Å². The Balaban J connectivity index is 2.51. The average molecular weight is 155 g/mol. The maximum atomic E-state index is 11.1. The lowest BCUT2D eigenvalue weighted by molar-refractivity contribution is -0.123. The molecule has 1 rings (SSSR count). The summed E-state index contributed by atoms with van der Waals surface area (Å²) in [4.78, 5) is 11.1. The SMILES string of the molecule is CC(=O)[C@@H]1CCCC[C@@H]1CN. The molecule has 0 heterocycles. The van der Waals surface area contributed by atoms with E-state index in [1.807, 2.05) is 0 Å². The van der Waals surface area contributed by atoms with Crippen LogP contribution in [-0.4, -0.2) is 12.3 Å². The number of carbonyl (C=O) groups excluding carboxylic acids is 1. The third kappa shape index (κ3) is 2.03. The van der Waals surface area contributed by atoms with Crippen LogP contribution in [0.5, 0.6) is 0 Å². The number of Topliss-reactive ketones (excluding diaryl/α,β-unsaturated/α-hetero) is 1. The minimum Gasteiger partial charge on any atom is -0.330 e. The Labute approximate surface area is 68.2 Å². The third-order valence-electron chi connectivity index (χ3n) is 2.73. The van der Waals surface area contributed by atoms with Gasteiger partial charge in [-0.15, -0.1) is 0 Å². The van der Waals surface area contributed by atoms with Gasteiger partial charge in [0.15, 0.2) is 0 Å². The Kier molecular flexibility index (Phi) is 3.06. The normalized spacial score (nSPS) is 31.8. The number of hydrogen-bond acceptors (Lipinski definition) is 2. The van der Waals surface area contributed by atoms with Gasteiger partial charge in [-0.05, 0) is 32.2 Å². The van der Waals surface area contributed by atoms with Gasteiger partial charge in [-0.25, -0.2) is 0 Å². The maximum Gasteiger partial charge on any atom is 0.133 e. The molecule has 1 fully saturated rings. The predicted octanol–water partition coefficient (Wildman–Crippen LogP) is 1.34. The molecule has 2 atom stereocenters. The van der Waals surface area contributed by atoms with Gasteiger partial charge in [-0.3, -0.25) is 4.79 Å². The molecule has 2 N–H and O–H groups in total. The van der Waals surface area contributed by atoms with Crippen LogP contribution in [0, 0.1) is 11.8 Å². The minimum absolute atomic E-state index is 0.272. The second-order valence-electron chi connectivity index (χ2n) is 3.50. The zero-order valence-corrected chi connectivity index (χ0v) is 7.18. The fraction of sp³-hybridized carbons (Fsp3) is 0.889. The van der Waals surface area contributed by atoms with E-state index in [4.69, 9.17) is 5.73 Å². The molecule has 1 saturated carbocycles. The van der Waals surface area contributed by atoms with E-state index in [0.29, 0.717) is 18.2 Å². The van der Waals surface area contributed by atoms with Crippen LogP contribution >= 0.6 is 0 Å². The van der Waals surface area contributed by atoms with E-state index in [-0.39, 0.29) is 5.92 Å². The summed E-state index contributed by atoms with van der Waals surface area (Å²) in [5.74, 6) is 1.08. The van der Waals surface area contributed by atoms with Gasteiger partial charge >= 0.3 is 0 Å².